The van der Waals surface area contributed by atoms with Gasteiger partial charge in [-0.25, -0.2) is 0 Å². The van der Waals surface area contributed by atoms with Crippen LogP contribution in [0.2, 0.25) is 0 Å². The summed E-state index contributed by atoms with van der Waals surface area (Å²) in [6.07, 6.45) is 3.30. The molecule has 1 amide bonds. The molecule has 1 aromatic rings. The van der Waals surface area contributed by atoms with Crippen molar-refractivity contribution in [1.29, 1.82) is 0 Å². The van der Waals surface area contributed by atoms with Gasteiger partial charge in [-0.15, -0.1) is 0 Å². The summed E-state index contributed by atoms with van der Waals surface area (Å²) in [5.74, 6) is 0.720. The van der Waals surface area contributed by atoms with Gasteiger partial charge in [-0.05, 0) is 37.3 Å². The molecular formula is C17H26N2O2. The van der Waals surface area contributed by atoms with Crippen LogP contribution < -0.4 is 10.5 Å². The number of nitrogens with zero attached hydrogens (tertiary/aromatic N) is 1. The first-order valence-electron chi connectivity index (χ1n) is 7.80. The van der Waals surface area contributed by atoms with Crippen LogP contribution in [0.3, 0.4) is 0 Å². The smallest absolute Gasteiger partial charge is 0.254 e. The molecule has 0 atom stereocenters. The van der Waals surface area contributed by atoms with Gasteiger partial charge in [0.25, 0.3) is 5.91 Å². The van der Waals surface area contributed by atoms with E-state index in [1.165, 1.54) is 6.42 Å². The Labute approximate surface area is 127 Å². The first kappa shape index (κ1) is 15.7. The Kier molecular flexibility index (Phi) is 4.76. The quantitative estimate of drug-likeness (QED) is 0.865. The van der Waals surface area contributed by atoms with Crippen LogP contribution >= 0.6 is 0 Å². The zero-order valence-electron chi connectivity index (χ0n) is 13.3. The van der Waals surface area contributed by atoms with E-state index in [0.29, 0.717) is 29.0 Å². The monoisotopic (exact) mass is 290 g/mol. The third-order valence-corrected chi connectivity index (χ3v) is 4.60. The molecule has 0 spiro atoms. The van der Waals surface area contributed by atoms with Crippen LogP contribution in [0.5, 0.6) is 5.75 Å². The third-order valence-electron chi connectivity index (χ3n) is 4.60. The lowest BCUT2D eigenvalue weighted by Gasteiger charge is -2.39. The van der Waals surface area contributed by atoms with Crippen molar-refractivity contribution in [2.45, 2.75) is 40.0 Å². The van der Waals surface area contributed by atoms with Crippen molar-refractivity contribution in [3.63, 3.8) is 0 Å². The number of amides is 1. The number of carbonyl (C=O) groups is 1. The van der Waals surface area contributed by atoms with Gasteiger partial charge in [0.15, 0.2) is 0 Å². The summed E-state index contributed by atoms with van der Waals surface area (Å²) < 4.78 is 5.46. The van der Waals surface area contributed by atoms with Crippen LogP contribution in [0, 0.1) is 5.41 Å². The average Bonchev–Trinajstić information content (AvgIpc) is 2.47. The molecule has 2 rings (SSSR count). The Balaban J connectivity index is 2.10. The Morgan fingerprint density at radius 1 is 1.29 bits per heavy atom. The maximum Gasteiger partial charge on any atom is 0.254 e. The van der Waals surface area contributed by atoms with Crippen LogP contribution in [0.25, 0.3) is 0 Å². The number of likely N-dealkylation sites (tertiary alicyclic amines) is 1. The summed E-state index contributed by atoms with van der Waals surface area (Å²) in [7, 11) is 0. The van der Waals surface area contributed by atoms with Crippen LogP contribution in [-0.4, -0.2) is 30.5 Å². The average molecular weight is 290 g/mol. The maximum atomic E-state index is 12.6. The molecule has 21 heavy (non-hydrogen) atoms. The first-order valence-corrected chi connectivity index (χ1v) is 7.80. The third kappa shape index (κ3) is 3.69. The minimum atomic E-state index is 0.0569. The van der Waals surface area contributed by atoms with Crippen LogP contribution in [0.4, 0.5) is 5.69 Å². The number of hydrogen-bond donors (Lipinski definition) is 1. The topological polar surface area (TPSA) is 55.6 Å². The molecule has 1 aromatic carbocycles. The first-order chi connectivity index (χ1) is 9.97. The predicted octanol–water partition coefficient (Wildman–Crippen LogP) is 3.32. The minimum absolute atomic E-state index is 0.0569. The van der Waals surface area contributed by atoms with Gasteiger partial charge < -0.3 is 15.4 Å². The van der Waals surface area contributed by atoms with Crippen molar-refractivity contribution in [3.05, 3.63) is 23.8 Å². The number of piperidine rings is 1. The highest BCUT2D eigenvalue weighted by Gasteiger charge is 2.30. The molecule has 1 fully saturated rings. The second kappa shape index (κ2) is 6.37. The Morgan fingerprint density at radius 2 is 1.95 bits per heavy atom. The molecule has 0 aliphatic carbocycles. The van der Waals surface area contributed by atoms with Gasteiger partial charge in [-0.1, -0.05) is 20.3 Å². The standard InChI is InChI=1S/C17H26N2O2/c1-4-17(3)6-8-19(9-7-17)16(20)13-10-14(18)12-15(11-13)21-5-2/h10-12H,4-9,18H2,1-3H3. The number of ether oxygens (including phenoxy) is 1. The molecule has 0 bridgehead atoms. The van der Waals surface area contributed by atoms with Gasteiger partial charge in [0, 0.05) is 30.4 Å². The molecule has 4 nitrogen and oxygen atoms in total. The van der Waals surface area contributed by atoms with E-state index in [2.05, 4.69) is 13.8 Å². The highest BCUT2D eigenvalue weighted by atomic mass is 16.5. The van der Waals surface area contributed by atoms with Crippen molar-refractivity contribution in [3.8, 4) is 5.75 Å². The summed E-state index contributed by atoms with van der Waals surface area (Å²) >= 11 is 0. The van der Waals surface area contributed by atoms with E-state index >= 15 is 0 Å². The summed E-state index contributed by atoms with van der Waals surface area (Å²) in [6, 6.07) is 5.28. The summed E-state index contributed by atoms with van der Waals surface area (Å²) in [5, 5.41) is 0. The van der Waals surface area contributed by atoms with E-state index in [-0.39, 0.29) is 5.91 Å². The fourth-order valence-electron chi connectivity index (χ4n) is 2.78. The number of rotatable bonds is 4. The normalized spacial score (nSPS) is 17.6. The van der Waals surface area contributed by atoms with E-state index in [4.69, 9.17) is 10.5 Å². The largest absolute Gasteiger partial charge is 0.494 e. The Hall–Kier alpha value is -1.71. The van der Waals surface area contributed by atoms with Crippen molar-refractivity contribution < 1.29 is 9.53 Å². The molecule has 1 saturated heterocycles. The van der Waals surface area contributed by atoms with E-state index in [1.54, 1.807) is 18.2 Å². The highest BCUT2D eigenvalue weighted by molar-refractivity contribution is 5.95. The van der Waals surface area contributed by atoms with Crippen LogP contribution in [0.15, 0.2) is 18.2 Å². The Morgan fingerprint density at radius 3 is 2.52 bits per heavy atom. The number of nitrogen functional groups attached to an aromatic ring is 1. The highest BCUT2D eigenvalue weighted by Crippen LogP contribution is 2.34. The molecule has 1 aliphatic heterocycles. The van der Waals surface area contributed by atoms with Crippen molar-refractivity contribution in [2.24, 2.45) is 5.41 Å². The number of hydrogen-bond acceptors (Lipinski definition) is 3. The summed E-state index contributed by atoms with van der Waals surface area (Å²) in [5.41, 5.74) is 7.44. The molecule has 4 heteroatoms. The van der Waals surface area contributed by atoms with Gasteiger partial charge in [0.2, 0.25) is 0 Å². The molecule has 2 N–H and O–H groups in total. The summed E-state index contributed by atoms with van der Waals surface area (Å²) in [6.45, 7) is 8.66. The molecule has 0 aromatic heterocycles. The zero-order valence-corrected chi connectivity index (χ0v) is 13.3. The van der Waals surface area contributed by atoms with Gasteiger partial charge in [-0.3, -0.25) is 4.79 Å². The number of benzene rings is 1. The minimum Gasteiger partial charge on any atom is -0.494 e. The zero-order chi connectivity index (χ0) is 15.5. The van der Waals surface area contributed by atoms with Gasteiger partial charge >= 0.3 is 0 Å². The molecule has 0 saturated carbocycles. The molecule has 0 unspecified atom stereocenters. The fourth-order valence-corrected chi connectivity index (χ4v) is 2.78. The van der Waals surface area contributed by atoms with Crippen molar-refractivity contribution in [1.82, 2.24) is 4.90 Å². The van der Waals surface area contributed by atoms with Crippen molar-refractivity contribution in [2.75, 3.05) is 25.4 Å². The fraction of sp³-hybridized carbons (Fsp3) is 0.588. The number of carbonyl (C=O) groups excluding carboxylic acids is 1. The number of anilines is 1. The van der Waals surface area contributed by atoms with Gasteiger partial charge in [0.05, 0.1) is 6.61 Å². The van der Waals surface area contributed by atoms with E-state index in [0.717, 1.165) is 25.9 Å². The van der Waals surface area contributed by atoms with Crippen LogP contribution in [-0.2, 0) is 0 Å². The van der Waals surface area contributed by atoms with Crippen LogP contribution in [0.1, 0.15) is 50.4 Å². The van der Waals surface area contributed by atoms with E-state index < -0.39 is 0 Å². The lowest BCUT2D eigenvalue weighted by molar-refractivity contribution is 0.0600. The maximum absolute atomic E-state index is 12.6. The predicted molar refractivity (Wildman–Crippen MR) is 85.6 cm³/mol. The molecule has 116 valence electrons. The molecule has 0 radical (unpaired) electrons. The lowest BCUT2D eigenvalue weighted by atomic mass is 9.78. The second-order valence-electron chi connectivity index (χ2n) is 6.18. The second-order valence-corrected chi connectivity index (χ2v) is 6.18. The van der Waals surface area contributed by atoms with Crippen molar-refractivity contribution >= 4 is 11.6 Å². The SMILES string of the molecule is CCOc1cc(N)cc(C(=O)N2CCC(C)(CC)CC2)c1. The number of nitrogens with two attached hydrogens (primary N) is 1. The molecule has 1 heterocycles. The van der Waals surface area contributed by atoms with E-state index in [9.17, 15) is 4.79 Å². The lowest BCUT2D eigenvalue weighted by Crippen LogP contribution is -2.41. The van der Waals surface area contributed by atoms with Gasteiger partial charge in [-0.2, -0.15) is 0 Å². The molecule has 1 aliphatic rings. The van der Waals surface area contributed by atoms with Gasteiger partial charge in [0.1, 0.15) is 5.75 Å². The summed E-state index contributed by atoms with van der Waals surface area (Å²) in [4.78, 5) is 14.6. The Bertz CT molecular complexity index is 506. The molecular weight excluding hydrogens is 264 g/mol. The van der Waals surface area contributed by atoms with E-state index in [1.807, 2.05) is 11.8 Å².